The van der Waals surface area contributed by atoms with E-state index in [1.54, 1.807) is 6.92 Å². The van der Waals surface area contributed by atoms with Crippen molar-refractivity contribution in [1.82, 2.24) is 4.57 Å². The first-order valence-corrected chi connectivity index (χ1v) is 5.40. The van der Waals surface area contributed by atoms with Gasteiger partial charge in [-0.15, -0.1) is 0 Å². The first kappa shape index (κ1) is 12.4. The van der Waals surface area contributed by atoms with Crippen LogP contribution >= 0.6 is 0 Å². The number of nitrogens with two attached hydrogens (primary N) is 1. The van der Waals surface area contributed by atoms with Gasteiger partial charge in [0.05, 0.1) is 5.69 Å². The van der Waals surface area contributed by atoms with Crippen LogP contribution in [0.15, 0.2) is 35.3 Å². The summed E-state index contributed by atoms with van der Waals surface area (Å²) in [6.45, 7) is 1.74. The van der Waals surface area contributed by atoms with E-state index in [1.165, 1.54) is 22.9 Å². The summed E-state index contributed by atoms with van der Waals surface area (Å²) < 4.78 is 28.0. The minimum absolute atomic E-state index is 0.0714. The maximum Gasteiger partial charge on any atom is 0.186 e. The monoisotopic (exact) mass is 250 g/mol. The van der Waals surface area contributed by atoms with Gasteiger partial charge in [-0.2, -0.15) is 0 Å². The van der Waals surface area contributed by atoms with Gasteiger partial charge in [0, 0.05) is 36.1 Å². The van der Waals surface area contributed by atoms with Crippen LogP contribution in [-0.2, 0) is 6.54 Å². The van der Waals surface area contributed by atoms with Crippen molar-refractivity contribution in [3.05, 3.63) is 63.6 Å². The standard InChI is InChI=1S/C13H12F2N2O/c1-8-4-13(18)9(6-16)7-17(8)12-3-2-10(14)5-11(12)15/h2-5,7H,6,16H2,1H3. The summed E-state index contributed by atoms with van der Waals surface area (Å²) >= 11 is 0. The van der Waals surface area contributed by atoms with Crippen molar-refractivity contribution in [3.63, 3.8) is 0 Å². The zero-order chi connectivity index (χ0) is 13.3. The first-order valence-electron chi connectivity index (χ1n) is 5.40. The van der Waals surface area contributed by atoms with Gasteiger partial charge in [-0.05, 0) is 19.1 Å². The van der Waals surface area contributed by atoms with Crippen LogP contribution in [0, 0.1) is 18.6 Å². The predicted molar refractivity (Wildman–Crippen MR) is 64.6 cm³/mol. The summed E-state index contributed by atoms with van der Waals surface area (Å²) in [7, 11) is 0. The highest BCUT2D eigenvalue weighted by atomic mass is 19.1. The molecule has 0 aliphatic carbocycles. The third-order valence-electron chi connectivity index (χ3n) is 2.71. The van der Waals surface area contributed by atoms with Gasteiger partial charge < -0.3 is 10.3 Å². The average molecular weight is 250 g/mol. The maximum absolute atomic E-state index is 13.7. The van der Waals surface area contributed by atoms with Gasteiger partial charge in [0.2, 0.25) is 0 Å². The molecule has 18 heavy (non-hydrogen) atoms. The molecule has 2 N–H and O–H groups in total. The van der Waals surface area contributed by atoms with Gasteiger partial charge in [-0.25, -0.2) is 8.78 Å². The molecule has 1 aromatic carbocycles. The van der Waals surface area contributed by atoms with Crippen LogP contribution in [0.25, 0.3) is 5.69 Å². The van der Waals surface area contributed by atoms with Gasteiger partial charge in [0.25, 0.3) is 0 Å². The van der Waals surface area contributed by atoms with Crippen LogP contribution in [-0.4, -0.2) is 4.57 Å². The molecule has 0 bridgehead atoms. The molecule has 0 saturated carbocycles. The highest BCUT2D eigenvalue weighted by molar-refractivity contribution is 5.37. The quantitative estimate of drug-likeness (QED) is 0.884. The SMILES string of the molecule is Cc1cc(=O)c(CN)cn1-c1ccc(F)cc1F. The molecule has 2 rings (SSSR count). The third-order valence-corrected chi connectivity index (χ3v) is 2.71. The minimum atomic E-state index is -0.690. The molecular weight excluding hydrogens is 238 g/mol. The lowest BCUT2D eigenvalue weighted by atomic mass is 10.2. The second kappa shape index (κ2) is 4.70. The molecule has 0 atom stereocenters. The number of pyridine rings is 1. The molecule has 3 nitrogen and oxygen atoms in total. The Morgan fingerprint density at radius 3 is 2.61 bits per heavy atom. The van der Waals surface area contributed by atoms with E-state index in [-0.39, 0.29) is 17.7 Å². The van der Waals surface area contributed by atoms with Crippen molar-refractivity contribution >= 4 is 0 Å². The molecule has 0 radical (unpaired) electrons. The normalized spacial score (nSPS) is 10.7. The molecular formula is C13H12F2N2O. The number of hydrogen-bond acceptors (Lipinski definition) is 2. The van der Waals surface area contributed by atoms with E-state index in [4.69, 9.17) is 5.73 Å². The smallest absolute Gasteiger partial charge is 0.186 e. The van der Waals surface area contributed by atoms with Crippen LogP contribution in [0.4, 0.5) is 8.78 Å². The van der Waals surface area contributed by atoms with Crippen molar-refractivity contribution in [2.24, 2.45) is 5.73 Å². The van der Waals surface area contributed by atoms with E-state index in [0.29, 0.717) is 11.3 Å². The van der Waals surface area contributed by atoms with Crippen LogP contribution in [0.1, 0.15) is 11.3 Å². The van der Waals surface area contributed by atoms with Gasteiger partial charge >= 0.3 is 0 Å². The number of nitrogens with zero attached hydrogens (tertiary/aromatic N) is 1. The van der Waals surface area contributed by atoms with E-state index in [1.807, 2.05) is 0 Å². The zero-order valence-corrected chi connectivity index (χ0v) is 9.78. The van der Waals surface area contributed by atoms with Crippen molar-refractivity contribution in [3.8, 4) is 5.69 Å². The number of aromatic nitrogens is 1. The second-order valence-electron chi connectivity index (χ2n) is 3.97. The maximum atomic E-state index is 13.7. The highest BCUT2D eigenvalue weighted by Crippen LogP contribution is 2.16. The molecule has 0 aliphatic heterocycles. The van der Waals surface area contributed by atoms with Crippen LogP contribution in [0.5, 0.6) is 0 Å². The second-order valence-corrected chi connectivity index (χ2v) is 3.97. The molecule has 0 fully saturated rings. The van der Waals surface area contributed by atoms with Crippen LogP contribution in [0.2, 0.25) is 0 Å². The Morgan fingerprint density at radius 2 is 2.00 bits per heavy atom. The number of halogens is 2. The van der Waals surface area contributed by atoms with E-state index in [9.17, 15) is 13.6 Å². The first-order chi connectivity index (χ1) is 8.52. The summed E-state index contributed by atoms with van der Waals surface area (Å²) in [5.41, 5.74) is 6.38. The average Bonchev–Trinajstić information content (AvgIpc) is 2.30. The van der Waals surface area contributed by atoms with Gasteiger partial charge in [-0.1, -0.05) is 0 Å². The molecule has 0 saturated heterocycles. The number of hydrogen-bond donors (Lipinski definition) is 1. The third kappa shape index (κ3) is 2.17. The van der Waals surface area contributed by atoms with Gasteiger partial charge in [-0.3, -0.25) is 4.79 Å². The van der Waals surface area contributed by atoms with E-state index in [0.717, 1.165) is 12.1 Å². The van der Waals surface area contributed by atoms with E-state index in [2.05, 4.69) is 0 Å². The lowest BCUT2D eigenvalue weighted by Gasteiger charge is -2.13. The fourth-order valence-electron chi connectivity index (χ4n) is 1.76. The van der Waals surface area contributed by atoms with Crippen molar-refractivity contribution in [2.75, 3.05) is 0 Å². The molecule has 0 amide bonds. The van der Waals surface area contributed by atoms with Crippen molar-refractivity contribution in [2.45, 2.75) is 13.5 Å². The summed E-state index contributed by atoms with van der Waals surface area (Å²) in [4.78, 5) is 11.5. The van der Waals surface area contributed by atoms with Crippen molar-refractivity contribution in [1.29, 1.82) is 0 Å². The minimum Gasteiger partial charge on any atom is -0.326 e. The summed E-state index contributed by atoms with van der Waals surface area (Å²) in [6, 6.07) is 4.67. The van der Waals surface area contributed by atoms with Gasteiger partial charge in [0.1, 0.15) is 11.6 Å². The Bertz CT molecular complexity index is 650. The Kier molecular flexibility index (Phi) is 3.25. The molecule has 94 valence electrons. The molecule has 1 aromatic heterocycles. The Labute approximate surface area is 102 Å². The molecule has 5 heteroatoms. The zero-order valence-electron chi connectivity index (χ0n) is 9.78. The fraction of sp³-hybridized carbons (Fsp3) is 0.154. The lowest BCUT2D eigenvalue weighted by molar-refractivity contribution is 0.576. The molecule has 0 unspecified atom stereocenters. The Balaban J connectivity index is 2.67. The van der Waals surface area contributed by atoms with E-state index >= 15 is 0 Å². The lowest BCUT2D eigenvalue weighted by Crippen LogP contribution is -2.17. The Hall–Kier alpha value is -2.01. The Morgan fingerprint density at radius 1 is 1.28 bits per heavy atom. The van der Waals surface area contributed by atoms with Gasteiger partial charge in [0.15, 0.2) is 5.43 Å². The highest BCUT2D eigenvalue weighted by Gasteiger charge is 2.09. The number of rotatable bonds is 2. The summed E-state index contributed by atoms with van der Waals surface area (Å²) in [5, 5.41) is 0. The van der Waals surface area contributed by atoms with E-state index < -0.39 is 11.6 Å². The number of benzene rings is 1. The fourth-order valence-corrected chi connectivity index (χ4v) is 1.76. The molecule has 0 aliphatic rings. The van der Waals surface area contributed by atoms with Crippen molar-refractivity contribution < 1.29 is 8.78 Å². The summed E-state index contributed by atoms with van der Waals surface area (Å²) in [5.74, 6) is -1.33. The number of aryl methyl sites for hydroxylation is 1. The molecule has 0 spiro atoms. The van der Waals surface area contributed by atoms with Crippen LogP contribution in [0.3, 0.4) is 0 Å². The predicted octanol–water partition coefficient (Wildman–Crippen LogP) is 1.88. The molecule has 2 aromatic rings. The van der Waals surface area contributed by atoms with Crippen LogP contribution < -0.4 is 11.2 Å². The largest absolute Gasteiger partial charge is 0.326 e. The molecule has 1 heterocycles. The summed E-state index contributed by atoms with van der Waals surface area (Å²) in [6.07, 6.45) is 1.48. The topological polar surface area (TPSA) is 48.0 Å².